The van der Waals surface area contributed by atoms with Gasteiger partial charge in [0.2, 0.25) is 0 Å². The highest BCUT2D eigenvalue weighted by Crippen LogP contribution is 2.48. The summed E-state index contributed by atoms with van der Waals surface area (Å²) < 4.78 is 26.9. The summed E-state index contributed by atoms with van der Waals surface area (Å²) in [6.07, 6.45) is 2.58. The molecule has 1 aliphatic carbocycles. The molecule has 1 saturated carbocycles. The minimum atomic E-state index is -0.594. The number of aliphatic hydroxyl groups excluding tert-OH is 1. The molecule has 1 aromatic carbocycles. The lowest BCUT2D eigenvalue weighted by Crippen LogP contribution is -2.48. The van der Waals surface area contributed by atoms with Gasteiger partial charge in [-0.1, -0.05) is 6.07 Å². The number of amides is 2. The summed E-state index contributed by atoms with van der Waals surface area (Å²) in [5.41, 5.74) is 0.0508. The van der Waals surface area contributed by atoms with Gasteiger partial charge in [0.1, 0.15) is 11.6 Å². The van der Waals surface area contributed by atoms with E-state index < -0.39 is 23.2 Å². The lowest BCUT2D eigenvalue weighted by Gasteiger charge is -2.30. The highest BCUT2D eigenvalue weighted by Gasteiger charge is 2.46. The number of piperidine rings is 1. The molecule has 2 amide bonds. The number of rotatable bonds is 3. The van der Waals surface area contributed by atoms with E-state index >= 15 is 0 Å². The second-order valence-corrected chi connectivity index (χ2v) is 6.31. The molecule has 2 aliphatic rings. The lowest BCUT2D eigenvalue weighted by atomic mass is 9.95. The van der Waals surface area contributed by atoms with Gasteiger partial charge in [0.15, 0.2) is 0 Å². The molecule has 3 rings (SSSR count). The van der Waals surface area contributed by atoms with Gasteiger partial charge in [0.25, 0.3) is 0 Å². The summed E-state index contributed by atoms with van der Waals surface area (Å²) in [6, 6.07) is 3.38. The van der Waals surface area contributed by atoms with Gasteiger partial charge >= 0.3 is 6.03 Å². The monoisotopic (exact) mass is 310 g/mol. The number of carbonyl (C=O) groups excluding carboxylic acids is 1. The highest BCUT2D eigenvalue weighted by atomic mass is 19.1. The number of aliphatic hydroxyl groups is 1. The molecular weight excluding hydrogens is 290 g/mol. The van der Waals surface area contributed by atoms with Gasteiger partial charge < -0.3 is 15.3 Å². The van der Waals surface area contributed by atoms with Crippen LogP contribution in [0.25, 0.3) is 0 Å². The second kappa shape index (κ2) is 5.83. The Morgan fingerprint density at radius 1 is 1.41 bits per heavy atom. The Hall–Kier alpha value is -1.69. The van der Waals surface area contributed by atoms with E-state index in [1.54, 1.807) is 4.90 Å². The quantitative estimate of drug-likeness (QED) is 0.899. The van der Waals surface area contributed by atoms with Crippen LogP contribution in [-0.2, 0) is 5.41 Å². The van der Waals surface area contributed by atoms with Gasteiger partial charge in [-0.05, 0) is 37.3 Å². The Labute approximate surface area is 128 Å². The molecule has 1 heterocycles. The summed E-state index contributed by atoms with van der Waals surface area (Å²) >= 11 is 0. The first-order chi connectivity index (χ1) is 10.5. The van der Waals surface area contributed by atoms with Crippen LogP contribution in [0.5, 0.6) is 0 Å². The SMILES string of the molecule is O=C(NCC1(c2ccc(F)cc2F)CC1)N1CCC[C@@H](O)C1. The molecule has 2 N–H and O–H groups in total. The van der Waals surface area contributed by atoms with Gasteiger partial charge in [0, 0.05) is 31.1 Å². The summed E-state index contributed by atoms with van der Waals surface area (Å²) in [7, 11) is 0. The third-order valence-corrected chi connectivity index (χ3v) is 4.62. The predicted molar refractivity (Wildman–Crippen MR) is 77.5 cm³/mol. The number of nitrogens with one attached hydrogen (secondary N) is 1. The van der Waals surface area contributed by atoms with Crippen molar-refractivity contribution in [3.8, 4) is 0 Å². The normalized spacial score (nSPS) is 23.2. The fourth-order valence-electron chi connectivity index (χ4n) is 3.11. The maximum Gasteiger partial charge on any atom is 0.317 e. The number of urea groups is 1. The van der Waals surface area contributed by atoms with Crippen LogP contribution in [0.3, 0.4) is 0 Å². The minimum absolute atomic E-state index is 0.229. The van der Waals surface area contributed by atoms with Crippen molar-refractivity contribution in [2.24, 2.45) is 0 Å². The van der Waals surface area contributed by atoms with Crippen molar-refractivity contribution in [3.05, 3.63) is 35.4 Å². The summed E-state index contributed by atoms with van der Waals surface area (Å²) in [5.74, 6) is -1.15. The molecule has 0 unspecified atom stereocenters. The molecule has 1 saturated heterocycles. The zero-order valence-electron chi connectivity index (χ0n) is 12.3. The molecular formula is C16H20F2N2O2. The number of β-amino-alcohol motifs (C(OH)–C–C–N with tert-alkyl or cyclic N) is 1. The topological polar surface area (TPSA) is 52.6 Å². The van der Waals surface area contributed by atoms with Crippen LogP contribution in [0, 0.1) is 11.6 Å². The molecule has 4 nitrogen and oxygen atoms in total. The molecule has 0 aromatic heterocycles. The van der Waals surface area contributed by atoms with Crippen molar-refractivity contribution in [2.75, 3.05) is 19.6 Å². The Morgan fingerprint density at radius 2 is 2.18 bits per heavy atom. The molecule has 22 heavy (non-hydrogen) atoms. The van der Waals surface area contributed by atoms with E-state index in [9.17, 15) is 18.7 Å². The maximum absolute atomic E-state index is 13.9. The number of nitrogens with zero attached hydrogens (tertiary/aromatic N) is 1. The van der Waals surface area contributed by atoms with Gasteiger partial charge in [-0.15, -0.1) is 0 Å². The third-order valence-electron chi connectivity index (χ3n) is 4.62. The van der Waals surface area contributed by atoms with E-state index in [0.29, 0.717) is 31.6 Å². The number of halogens is 2. The van der Waals surface area contributed by atoms with Crippen LogP contribution < -0.4 is 5.32 Å². The van der Waals surface area contributed by atoms with E-state index in [4.69, 9.17) is 0 Å². The van der Waals surface area contributed by atoms with Gasteiger partial charge in [-0.25, -0.2) is 13.6 Å². The van der Waals surface area contributed by atoms with E-state index in [0.717, 1.165) is 25.3 Å². The second-order valence-electron chi connectivity index (χ2n) is 6.31. The van der Waals surface area contributed by atoms with Crippen LogP contribution in [0.15, 0.2) is 18.2 Å². The maximum atomic E-state index is 13.9. The average Bonchev–Trinajstić information content (AvgIpc) is 3.25. The molecule has 120 valence electrons. The van der Waals surface area contributed by atoms with Crippen LogP contribution in [0.4, 0.5) is 13.6 Å². The van der Waals surface area contributed by atoms with Crippen LogP contribution >= 0.6 is 0 Å². The number of likely N-dealkylation sites (tertiary alicyclic amines) is 1. The molecule has 1 atom stereocenters. The van der Waals surface area contributed by atoms with Crippen molar-refractivity contribution in [1.29, 1.82) is 0 Å². The zero-order valence-corrected chi connectivity index (χ0v) is 12.3. The fraction of sp³-hybridized carbons (Fsp3) is 0.562. The molecule has 6 heteroatoms. The van der Waals surface area contributed by atoms with E-state index in [2.05, 4.69) is 5.32 Å². The Morgan fingerprint density at radius 3 is 2.82 bits per heavy atom. The Kier molecular flexibility index (Phi) is 4.04. The van der Waals surface area contributed by atoms with Crippen LogP contribution in [-0.4, -0.2) is 41.8 Å². The largest absolute Gasteiger partial charge is 0.391 e. The number of carbonyl (C=O) groups is 1. The van der Waals surface area contributed by atoms with Gasteiger partial charge in [-0.3, -0.25) is 0 Å². The van der Waals surface area contributed by atoms with Crippen molar-refractivity contribution in [3.63, 3.8) is 0 Å². The number of benzene rings is 1. The summed E-state index contributed by atoms with van der Waals surface area (Å²) in [6.45, 7) is 1.30. The average molecular weight is 310 g/mol. The van der Waals surface area contributed by atoms with E-state index in [1.165, 1.54) is 12.1 Å². The van der Waals surface area contributed by atoms with E-state index in [-0.39, 0.29) is 6.03 Å². The predicted octanol–water partition coefficient (Wildman–Crippen LogP) is 2.16. The van der Waals surface area contributed by atoms with Crippen molar-refractivity contribution in [2.45, 2.75) is 37.2 Å². The van der Waals surface area contributed by atoms with Crippen LogP contribution in [0.2, 0.25) is 0 Å². The lowest BCUT2D eigenvalue weighted by molar-refractivity contribution is 0.0841. The highest BCUT2D eigenvalue weighted by molar-refractivity contribution is 5.74. The van der Waals surface area contributed by atoms with Crippen molar-refractivity contribution in [1.82, 2.24) is 10.2 Å². The smallest absolute Gasteiger partial charge is 0.317 e. The van der Waals surface area contributed by atoms with Gasteiger partial charge in [-0.2, -0.15) is 0 Å². The minimum Gasteiger partial charge on any atom is -0.391 e. The standard InChI is InChI=1S/C16H20F2N2O2/c17-11-3-4-13(14(18)8-11)16(5-6-16)10-19-15(22)20-7-1-2-12(21)9-20/h3-4,8,12,21H,1-2,5-7,9-10H2,(H,19,22)/t12-/m1/s1. The Bertz CT molecular complexity index is 575. The summed E-state index contributed by atoms with van der Waals surface area (Å²) in [5, 5.41) is 12.4. The zero-order chi connectivity index (χ0) is 15.7. The van der Waals surface area contributed by atoms with Crippen molar-refractivity contribution < 1.29 is 18.7 Å². The van der Waals surface area contributed by atoms with Gasteiger partial charge in [0.05, 0.1) is 6.10 Å². The fourth-order valence-corrected chi connectivity index (χ4v) is 3.11. The Balaban J connectivity index is 1.62. The third kappa shape index (κ3) is 3.06. The number of hydrogen-bond donors (Lipinski definition) is 2. The molecule has 1 aliphatic heterocycles. The molecule has 0 bridgehead atoms. The first-order valence-electron chi connectivity index (χ1n) is 7.67. The van der Waals surface area contributed by atoms with E-state index in [1.807, 2.05) is 0 Å². The molecule has 0 spiro atoms. The molecule has 2 fully saturated rings. The van der Waals surface area contributed by atoms with Crippen molar-refractivity contribution >= 4 is 6.03 Å². The molecule has 1 aromatic rings. The van der Waals surface area contributed by atoms with Crippen LogP contribution in [0.1, 0.15) is 31.2 Å². The number of hydrogen-bond acceptors (Lipinski definition) is 2. The first kappa shape index (κ1) is 15.2. The summed E-state index contributed by atoms with van der Waals surface area (Å²) in [4.78, 5) is 13.7. The molecule has 0 radical (unpaired) electrons. The first-order valence-corrected chi connectivity index (χ1v) is 7.67.